The molecule has 0 amide bonds. The third-order valence-corrected chi connectivity index (χ3v) is 7.97. The molecule has 0 saturated carbocycles. The molecular formula is C37H60O8. The zero-order chi connectivity index (χ0) is 33.0. The molecule has 0 heterocycles. The molecule has 0 aliphatic heterocycles. The molecule has 8 nitrogen and oxygen atoms in total. The Morgan fingerprint density at radius 2 is 0.911 bits per heavy atom. The normalized spacial score (nSPS) is 11.3. The first kappa shape index (κ1) is 40.3. The molecular weight excluding hydrogens is 572 g/mol. The van der Waals surface area contributed by atoms with Gasteiger partial charge in [-0.1, -0.05) is 148 Å². The highest BCUT2D eigenvalue weighted by atomic mass is 16.6. The average molecular weight is 633 g/mol. The van der Waals surface area contributed by atoms with Crippen molar-refractivity contribution in [3.05, 3.63) is 35.9 Å². The topological polar surface area (TPSA) is 116 Å². The van der Waals surface area contributed by atoms with Crippen molar-refractivity contribution in [1.82, 2.24) is 0 Å². The molecule has 0 fully saturated rings. The van der Waals surface area contributed by atoms with Gasteiger partial charge >= 0.3 is 23.9 Å². The van der Waals surface area contributed by atoms with E-state index in [-0.39, 0.29) is 18.8 Å². The van der Waals surface area contributed by atoms with Crippen LogP contribution < -0.4 is 0 Å². The number of unbranched alkanes of at least 4 members (excludes halogenated alkanes) is 18. The van der Waals surface area contributed by atoms with Crippen LogP contribution in [0.4, 0.5) is 0 Å². The third kappa shape index (κ3) is 20.8. The van der Waals surface area contributed by atoms with Gasteiger partial charge in [0.15, 0.2) is 5.60 Å². The van der Waals surface area contributed by atoms with Crippen molar-refractivity contribution >= 4 is 23.9 Å². The van der Waals surface area contributed by atoms with E-state index in [1.165, 1.54) is 89.2 Å². The maximum absolute atomic E-state index is 12.9. The van der Waals surface area contributed by atoms with Gasteiger partial charge in [-0.05, 0) is 25.0 Å². The van der Waals surface area contributed by atoms with Crippen LogP contribution in [-0.2, 0) is 28.6 Å². The number of ether oxygens (including phenoxy) is 3. The quantitative estimate of drug-likeness (QED) is 0.0422. The Balaban J connectivity index is 2.49. The van der Waals surface area contributed by atoms with Crippen LogP contribution in [0.3, 0.4) is 0 Å². The smallest absolute Gasteiger partial charge is 0.347 e. The maximum atomic E-state index is 12.9. The minimum Gasteiger partial charge on any atom is -0.466 e. The molecule has 0 spiro atoms. The van der Waals surface area contributed by atoms with E-state index in [1.807, 2.05) is 0 Å². The molecule has 45 heavy (non-hydrogen) atoms. The van der Waals surface area contributed by atoms with Crippen LogP contribution in [-0.4, -0.2) is 47.8 Å². The summed E-state index contributed by atoms with van der Waals surface area (Å²) in [6.45, 7) is 4.71. The van der Waals surface area contributed by atoms with Crippen molar-refractivity contribution < 1.29 is 38.5 Å². The Morgan fingerprint density at radius 3 is 1.29 bits per heavy atom. The van der Waals surface area contributed by atoms with Gasteiger partial charge in [-0.25, -0.2) is 9.59 Å². The Morgan fingerprint density at radius 1 is 0.556 bits per heavy atom. The van der Waals surface area contributed by atoms with Crippen LogP contribution in [0, 0.1) is 0 Å². The van der Waals surface area contributed by atoms with Gasteiger partial charge in [0.05, 0.1) is 31.6 Å². The van der Waals surface area contributed by atoms with Gasteiger partial charge in [0.25, 0.3) is 0 Å². The number of hydrogen-bond acceptors (Lipinski definition) is 8. The first-order valence-corrected chi connectivity index (χ1v) is 17.7. The van der Waals surface area contributed by atoms with Crippen molar-refractivity contribution in [2.24, 2.45) is 0 Å². The van der Waals surface area contributed by atoms with Crippen LogP contribution >= 0.6 is 0 Å². The van der Waals surface area contributed by atoms with E-state index in [0.29, 0.717) is 12.8 Å². The van der Waals surface area contributed by atoms with Crippen molar-refractivity contribution in [3.8, 4) is 0 Å². The SMILES string of the molecule is CCCCCCCCCCCCOC(=O)CC(O)(CC(=O)OCCCCCCCCCCCC)C(=O)OC(=O)c1ccccc1. The zero-order valence-electron chi connectivity index (χ0n) is 28.2. The molecule has 0 aliphatic carbocycles. The Kier molecular flexibility index (Phi) is 23.7. The van der Waals surface area contributed by atoms with Crippen LogP contribution in [0.15, 0.2) is 30.3 Å². The monoisotopic (exact) mass is 632 g/mol. The van der Waals surface area contributed by atoms with Crippen molar-refractivity contribution in [2.75, 3.05) is 13.2 Å². The van der Waals surface area contributed by atoms with Gasteiger partial charge in [-0.15, -0.1) is 0 Å². The number of hydrogen-bond donors (Lipinski definition) is 1. The fraction of sp³-hybridized carbons (Fsp3) is 0.730. The van der Waals surface area contributed by atoms with Gasteiger partial charge in [-0.2, -0.15) is 0 Å². The summed E-state index contributed by atoms with van der Waals surface area (Å²) < 4.78 is 15.4. The number of aliphatic hydroxyl groups is 1. The first-order valence-electron chi connectivity index (χ1n) is 17.7. The molecule has 0 bridgehead atoms. The number of esters is 4. The Labute approximate surface area is 272 Å². The molecule has 1 rings (SSSR count). The molecule has 0 saturated heterocycles. The number of carbonyl (C=O) groups excluding carboxylic acids is 4. The van der Waals surface area contributed by atoms with E-state index in [0.717, 1.165) is 38.5 Å². The summed E-state index contributed by atoms with van der Waals surface area (Å²) in [7, 11) is 0. The Bertz CT molecular complexity index is 890. The highest BCUT2D eigenvalue weighted by Crippen LogP contribution is 2.21. The number of rotatable bonds is 28. The van der Waals surface area contributed by atoms with Gasteiger partial charge in [-0.3, -0.25) is 9.59 Å². The lowest BCUT2D eigenvalue weighted by Gasteiger charge is -2.23. The van der Waals surface area contributed by atoms with Gasteiger partial charge in [0.1, 0.15) is 0 Å². The minimum absolute atomic E-state index is 0.0975. The van der Waals surface area contributed by atoms with E-state index in [4.69, 9.17) is 14.2 Å². The van der Waals surface area contributed by atoms with Gasteiger partial charge in [0, 0.05) is 0 Å². The molecule has 1 N–H and O–H groups in total. The largest absolute Gasteiger partial charge is 0.466 e. The molecule has 0 radical (unpaired) electrons. The highest BCUT2D eigenvalue weighted by molar-refractivity contribution is 6.01. The predicted octanol–water partition coefficient (Wildman–Crippen LogP) is 8.81. The molecule has 0 atom stereocenters. The summed E-state index contributed by atoms with van der Waals surface area (Å²) in [5.74, 6) is -4.07. The van der Waals surface area contributed by atoms with Crippen molar-refractivity contribution in [1.29, 1.82) is 0 Å². The first-order chi connectivity index (χ1) is 21.8. The van der Waals surface area contributed by atoms with E-state index in [9.17, 15) is 24.3 Å². The minimum atomic E-state index is -2.59. The second kappa shape index (κ2) is 26.5. The second-order valence-electron chi connectivity index (χ2n) is 12.2. The lowest BCUT2D eigenvalue weighted by Crippen LogP contribution is -2.45. The van der Waals surface area contributed by atoms with Crippen molar-refractivity contribution in [3.63, 3.8) is 0 Å². The zero-order valence-corrected chi connectivity index (χ0v) is 28.2. The summed E-state index contributed by atoms with van der Waals surface area (Å²) in [4.78, 5) is 50.6. The number of benzene rings is 1. The highest BCUT2D eigenvalue weighted by Gasteiger charge is 2.44. The molecule has 8 heteroatoms. The Hall–Kier alpha value is -2.74. The van der Waals surface area contributed by atoms with Gasteiger partial charge < -0.3 is 19.3 Å². The average Bonchev–Trinajstić information content (AvgIpc) is 3.02. The van der Waals surface area contributed by atoms with Crippen LogP contribution in [0.1, 0.15) is 165 Å². The fourth-order valence-electron chi connectivity index (χ4n) is 5.15. The maximum Gasteiger partial charge on any atom is 0.347 e. The summed E-state index contributed by atoms with van der Waals surface area (Å²) in [5.41, 5.74) is -2.49. The third-order valence-electron chi connectivity index (χ3n) is 7.97. The van der Waals surface area contributed by atoms with Crippen LogP contribution in [0.2, 0.25) is 0 Å². The van der Waals surface area contributed by atoms with Crippen LogP contribution in [0.25, 0.3) is 0 Å². The summed E-state index contributed by atoms with van der Waals surface area (Å²) in [5, 5.41) is 11.1. The number of carbonyl (C=O) groups is 4. The predicted molar refractivity (Wildman–Crippen MR) is 177 cm³/mol. The summed E-state index contributed by atoms with van der Waals surface area (Å²) in [6, 6.07) is 7.81. The second-order valence-corrected chi connectivity index (χ2v) is 12.2. The standard InChI is InChI=1S/C37H60O8/c1-3-5-7-9-11-13-15-17-19-24-28-43-33(38)30-37(42,36(41)45-35(40)32-26-22-21-23-27-32)31-34(39)44-29-25-20-18-16-14-12-10-8-6-4-2/h21-23,26-27,42H,3-20,24-25,28-31H2,1-2H3. The lowest BCUT2D eigenvalue weighted by atomic mass is 9.95. The van der Waals surface area contributed by atoms with E-state index < -0.39 is 42.3 Å². The van der Waals surface area contributed by atoms with E-state index >= 15 is 0 Å². The van der Waals surface area contributed by atoms with Crippen molar-refractivity contribution in [2.45, 2.75) is 161 Å². The van der Waals surface area contributed by atoms with Crippen LogP contribution in [0.5, 0.6) is 0 Å². The lowest BCUT2D eigenvalue weighted by molar-refractivity contribution is -0.173. The fourth-order valence-corrected chi connectivity index (χ4v) is 5.15. The molecule has 1 aromatic carbocycles. The van der Waals surface area contributed by atoms with E-state index in [2.05, 4.69) is 13.8 Å². The van der Waals surface area contributed by atoms with Gasteiger partial charge in [0.2, 0.25) is 0 Å². The molecule has 0 aromatic heterocycles. The summed E-state index contributed by atoms with van der Waals surface area (Å²) >= 11 is 0. The summed E-state index contributed by atoms with van der Waals surface area (Å²) in [6.07, 6.45) is 21.0. The van der Waals surface area contributed by atoms with E-state index in [1.54, 1.807) is 18.2 Å². The molecule has 256 valence electrons. The molecule has 0 unspecified atom stereocenters. The molecule has 0 aliphatic rings. The molecule has 1 aromatic rings.